The summed E-state index contributed by atoms with van der Waals surface area (Å²) in [6.07, 6.45) is 11.0. The first kappa shape index (κ1) is 12.2. The predicted molar refractivity (Wildman–Crippen MR) is 73.6 cm³/mol. The summed E-state index contributed by atoms with van der Waals surface area (Å²) in [5.41, 5.74) is 5.65. The number of furan rings is 1. The van der Waals surface area contributed by atoms with Crippen molar-refractivity contribution in [2.24, 2.45) is 0 Å². The van der Waals surface area contributed by atoms with Gasteiger partial charge in [-0.2, -0.15) is 0 Å². The van der Waals surface area contributed by atoms with Crippen molar-refractivity contribution >= 4 is 0 Å². The van der Waals surface area contributed by atoms with E-state index < -0.39 is 0 Å². The molecular weight excluding hydrogens is 240 g/mol. The molecule has 102 valence electrons. The molecule has 0 unspecified atom stereocenters. The SMILES string of the molecule is CN[C@@H]1CCN(C2=CN(Cc3ccoc3)NC=C2)C1. The fraction of sp³-hybridized carbons (Fsp3) is 0.429. The quantitative estimate of drug-likeness (QED) is 0.853. The standard InChI is InChI=1S/C14H20N4O/c1-15-13-3-6-17(9-13)14-2-5-16-18(10-14)8-12-4-7-19-11-12/h2,4-5,7,10-11,13,15-16H,3,6,8-9H2,1H3/t13-/m1/s1. The monoisotopic (exact) mass is 260 g/mol. The highest BCUT2D eigenvalue weighted by atomic mass is 16.3. The van der Waals surface area contributed by atoms with E-state index in [0.29, 0.717) is 6.04 Å². The van der Waals surface area contributed by atoms with Gasteiger partial charge in [0.25, 0.3) is 0 Å². The predicted octanol–water partition coefficient (Wildman–Crippen LogP) is 1.25. The van der Waals surface area contributed by atoms with Crippen LogP contribution in [0.15, 0.2) is 47.2 Å². The van der Waals surface area contributed by atoms with Gasteiger partial charge in [0.15, 0.2) is 0 Å². The molecule has 0 spiro atoms. The Morgan fingerprint density at radius 2 is 2.47 bits per heavy atom. The van der Waals surface area contributed by atoms with Gasteiger partial charge >= 0.3 is 0 Å². The van der Waals surface area contributed by atoms with Gasteiger partial charge in [-0.3, -0.25) is 5.01 Å². The first-order valence-corrected chi connectivity index (χ1v) is 6.69. The summed E-state index contributed by atoms with van der Waals surface area (Å²) in [5.74, 6) is 0. The summed E-state index contributed by atoms with van der Waals surface area (Å²) in [5, 5.41) is 5.42. The fourth-order valence-electron chi connectivity index (χ4n) is 2.55. The van der Waals surface area contributed by atoms with E-state index in [9.17, 15) is 0 Å². The average Bonchev–Trinajstić information content (AvgIpc) is 3.09. The van der Waals surface area contributed by atoms with Gasteiger partial charge < -0.3 is 20.1 Å². The fourth-order valence-corrected chi connectivity index (χ4v) is 2.55. The number of likely N-dealkylation sites (N-methyl/N-ethyl adjacent to an activating group) is 1. The third-order valence-electron chi connectivity index (χ3n) is 3.68. The van der Waals surface area contributed by atoms with Crippen LogP contribution in [0.2, 0.25) is 0 Å². The molecule has 2 aliphatic rings. The lowest BCUT2D eigenvalue weighted by atomic mass is 10.3. The molecule has 1 aromatic heterocycles. The topological polar surface area (TPSA) is 43.7 Å². The van der Waals surface area contributed by atoms with Crippen LogP contribution in [-0.2, 0) is 6.54 Å². The van der Waals surface area contributed by atoms with Crippen molar-refractivity contribution < 1.29 is 4.42 Å². The van der Waals surface area contributed by atoms with Gasteiger partial charge in [-0.05, 0) is 25.6 Å². The molecular formula is C14H20N4O. The lowest BCUT2D eigenvalue weighted by Gasteiger charge is -2.28. The maximum absolute atomic E-state index is 5.10. The molecule has 2 aliphatic heterocycles. The van der Waals surface area contributed by atoms with E-state index in [0.717, 1.165) is 25.2 Å². The Morgan fingerprint density at radius 1 is 1.53 bits per heavy atom. The molecule has 0 amide bonds. The number of hydrogen-bond acceptors (Lipinski definition) is 5. The first-order valence-electron chi connectivity index (χ1n) is 6.69. The van der Waals surface area contributed by atoms with E-state index in [1.807, 2.05) is 19.3 Å². The van der Waals surface area contributed by atoms with Gasteiger partial charge in [0, 0.05) is 37.1 Å². The molecule has 5 heteroatoms. The van der Waals surface area contributed by atoms with E-state index in [2.05, 4.69) is 32.9 Å². The minimum Gasteiger partial charge on any atom is -0.472 e. The van der Waals surface area contributed by atoms with E-state index >= 15 is 0 Å². The minimum atomic E-state index is 0.603. The molecule has 0 aliphatic carbocycles. The third kappa shape index (κ3) is 2.76. The van der Waals surface area contributed by atoms with Crippen LogP contribution in [0, 0.1) is 0 Å². The Bertz CT molecular complexity index is 466. The van der Waals surface area contributed by atoms with Crippen molar-refractivity contribution in [2.75, 3.05) is 20.1 Å². The van der Waals surface area contributed by atoms with Crippen LogP contribution in [0.4, 0.5) is 0 Å². The highest BCUT2D eigenvalue weighted by molar-refractivity contribution is 5.21. The largest absolute Gasteiger partial charge is 0.472 e. The average molecular weight is 260 g/mol. The normalized spacial score (nSPS) is 22.6. The van der Waals surface area contributed by atoms with E-state index in [4.69, 9.17) is 4.42 Å². The van der Waals surface area contributed by atoms with Crippen LogP contribution in [-0.4, -0.2) is 36.1 Å². The van der Waals surface area contributed by atoms with Crippen LogP contribution < -0.4 is 10.7 Å². The third-order valence-corrected chi connectivity index (χ3v) is 3.68. The first-order chi connectivity index (χ1) is 9.35. The zero-order valence-electron chi connectivity index (χ0n) is 11.2. The number of likely N-dealkylation sites (tertiary alicyclic amines) is 1. The molecule has 0 bridgehead atoms. The number of nitrogens with zero attached hydrogens (tertiary/aromatic N) is 2. The molecule has 3 heterocycles. The lowest BCUT2D eigenvalue weighted by Crippen LogP contribution is -2.35. The minimum absolute atomic E-state index is 0.603. The Morgan fingerprint density at radius 3 is 3.21 bits per heavy atom. The van der Waals surface area contributed by atoms with Crippen LogP contribution in [0.3, 0.4) is 0 Å². The van der Waals surface area contributed by atoms with Crippen LogP contribution in [0.25, 0.3) is 0 Å². The van der Waals surface area contributed by atoms with Crippen molar-refractivity contribution in [3.8, 4) is 0 Å². The van der Waals surface area contributed by atoms with Crippen molar-refractivity contribution in [2.45, 2.75) is 19.0 Å². The molecule has 3 rings (SSSR count). The van der Waals surface area contributed by atoms with Crippen molar-refractivity contribution in [3.05, 3.63) is 48.3 Å². The van der Waals surface area contributed by atoms with Gasteiger partial charge in [0.1, 0.15) is 0 Å². The smallest absolute Gasteiger partial charge is 0.0953 e. The second kappa shape index (κ2) is 5.40. The zero-order chi connectivity index (χ0) is 13.1. The van der Waals surface area contributed by atoms with E-state index in [1.54, 1.807) is 12.5 Å². The van der Waals surface area contributed by atoms with Crippen LogP contribution in [0.1, 0.15) is 12.0 Å². The second-order valence-corrected chi connectivity index (χ2v) is 5.00. The van der Waals surface area contributed by atoms with Gasteiger partial charge in [-0.15, -0.1) is 0 Å². The highest BCUT2D eigenvalue weighted by Crippen LogP contribution is 2.19. The summed E-state index contributed by atoms with van der Waals surface area (Å²) in [7, 11) is 2.03. The molecule has 19 heavy (non-hydrogen) atoms. The molecule has 1 fully saturated rings. The molecule has 0 aromatic carbocycles. The maximum Gasteiger partial charge on any atom is 0.0953 e. The van der Waals surface area contributed by atoms with Crippen molar-refractivity contribution in [1.82, 2.24) is 20.7 Å². The Kier molecular flexibility index (Phi) is 3.46. The number of hydrazine groups is 1. The summed E-state index contributed by atoms with van der Waals surface area (Å²) >= 11 is 0. The molecule has 1 aromatic rings. The van der Waals surface area contributed by atoms with Crippen molar-refractivity contribution in [3.63, 3.8) is 0 Å². The number of allylic oxidation sites excluding steroid dienone is 1. The molecule has 1 atom stereocenters. The Labute approximate surface area is 113 Å². The van der Waals surface area contributed by atoms with Gasteiger partial charge in [0.05, 0.1) is 24.8 Å². The molecule has 5 nitrogen and oxygen atoms in total. The molecule has 0 saturated carbocycles. The van der Waals surface area contributed by atoms with Gasteiger partial charge in [0.2, 0.25) is 0 Å². The summed E-state index contributed by atoms with van der Waals surface area (Å²) in [6, 6.07) is 2.59. The maximum atomic E-state index is 5.10. The second-order valence-electron chi connectivity index (χ2n) is 5.00. The van der Waals surface area contributed by atoms with Gasteiger partial charge in [-0.25, -0.2) is 0 Å². The van der Waals surface area contributed by atoms with Crippen molar-refractivity contribution in [1.29, 1.82) is 0 Å². The highest BCUT2D eigenvalue weighted by Gasteiger charge is 2.22. The zero-order valence-corrected chi connectivity index (χ0v) is 11.2. The number of rotatable bonds is 4. The van der Waals surface area contributed by atoms with Crippen LogP contribution >= 0.6 is 0 Å². The van der Waals surface area contributed by atoms with Crippen LogP contribution in [0.5, 0.6) is 0 Å². The summed E-state index contributed by atoms with van der Waals surface area (Å²) in [4.78, 5) is 2.42. The molecule has 2 N–H and O–H groups in total. The van der Waals surface area contributed by atoms with Gasteiger partial charge in [-0.1, -0.05) is 0 Å². The summed E-state index contributed by atoms with van der Waals surface area (Å²) in [6.45, 7) is 2.99. The number of hydrogen-bond donors (Lipinski definition) is 2. The Hall–Kier alpha value is -1.88. The number of nitrogens with one attached hydrogen (secondary N) is 2. The lowest BCUT2D eigenvalue weighted by molar-refractivity contribution is 0.284. The van der Waals surface area contributed by atoms with E-state index in [-0.39, 0.29) is 0 Å². The molecule has 1 saturated heterocycles. The Balaban J connectivity index is 1.64. The summed E-state index contributed by atoms with van der Waals surface area (Å²) < 4.78 is 5.10. The molecule has 0 radical (unpaired) electrons. The van der Waals surface area contributed by atoms with E-state index in [1.165, 1.54) is 12.1 Å².